The topological polar surface area (TPSA) is 64.8 Å². The molecule has 1 aliphatic rings. The van der Waals surface area contributed by atoms with Gasteiger partial charge in [0, 0.05) is 18.8 Å². The van der Waals surface area contributed by atoms with Crippen molar-refractivity contribution in [2.75, 3.05) is 25.5 Å². The van der Waals surface area contributed by atoms with E-state index in [9.17, 15) is 0 Å². The molecule has 20 heavy (non-hydrogen) atoms. The maximum Gasteiger partial charge on any atom is 0.223 e. The van der Waals surface area contributed by atoms with Gasteiger partial charge in [0.2, 0.25) is 5.95 Å². The molecule has 2 rings (SSSR count). The summed E-state index contributed by atoms with van der Waals surface area (Å²) < 4.78 is 0. The van der Waals surface area contributed by atoms with Gasteiger partial charge >= 0.3 is 0 Å². The molecule has 5 nitrogen and oxygen atoms in total. The Morgan fingerprint density at radius 1 is 1.40 bits per heavy atom. The molecule has 1 saturated carbocycles. The van der Waals surface area contributed by atoms with Crippen molar-refractivity contribution in [3.05, 3.63) is 18.0 Å². The molecule has 1 heterocycles. The number of hydrogen-bond acceptors (Lipinski definition) is 5. The minimum atomic E-state index is 0.404. The minimum Gasteiger partial charge on any atom is -0.354 e. The van der Waals surface area contributed by atoms with Gasteiger partial charge in [0.15, 0.2) is 0 Å². The quantitative estimate of drug-likeness (QED) is 0.806. The summed E-state index contributed by atoms with van der Waals surface area (Å²) in [7, 11) is 2.22. The molecule has 0 bridgehead atoms. The van der Waals surface area contributed by atoms with E-state index in [-0.39, 0.29) is 0 Å². The Morgan fingerprint density at radius 2 is 2.20 bits per heavy atom. The van der Waals surface area contributed by atoms with Gasteiger partial charge in [-0.15, -0.1) is 0 Å². The lowest BCUT2D eigenvalue weighted by Gasteiger charge is -2.31. The Kier molecular flexibility index (Phi) is 5.75. The lowest BCUT2D eigenvalue weighted by molar-refractivity contribution is 0.191. The maximum atomic E-state index is 8.78. The summed E-state index contributed by atoms with van der Waals surface area (Å²) in [6.45, 7) is 1.93. The lowest BCUT2D eigenvalue weighted by Crippen LogP contribution is -2.34. The zero-order chi connectivity index (χ0) is 14.2. The summed E-state index contributed by atoms with van der Waals surface area (Å²) in [6.07, 6.45) is 9.52. The van der Waals surface area contributed by atoms with Crippen LogP contribution in [0.5, 0.6) is 0 Å². The smallest absolute Gasteiger partial charge is 0.223 e. The summed E-state index contributed by atoms with van der Waals surface area (Å²) in [5, 5.41) is 12.0. The molecule has 108 valence electrons. The number of rotatable bonds is 6. The van der Waals surface area contributed by atoms with Crippen molar-refractivity contribution in [1.29, 1.82) is 5.26 Å². The molecule has 0 atom stereocenters. The van der Waals surface area contributed by atoms with Crippen LogP contribution in [0.25, 0.3) is 0 Å². The zero-order valence-electron chi connectivity index (χ0n) is 12.2. The average molecular weight is 273 g/mol. The molecular weight excluding hydrogens is 250 g/mol. The molecule has 5 heteroatoms. The summed E-state index contributed by atoms with van der Waals surface area (Å²) >= 11 is 0. The van der Waals surface area contributed by atoms with E-state index in [1.165, 1.54) is 32.1 Å². The first-order valence-electron chi connectivity index (χ1n) is 7.47. The predicted octanol–water partition coefficient (Wildman–Crippen LogP) is 2.41. The third-order valence-corrected chi connectivity index (χ3v) is 3.94. The van der Waals surface area contributed by atoms with Gasteiger partial charge in [-0.1, -0.05) is 19.3 Å². The number of nitriles is 1. The molecule has 1 aromatic heterocycles. The standard InChI is InChI=1S/C15H23N5/c1-20(14-6-3-2-4-7-14)11-5-9-17-15-18-10-8-13(12-16)19-15/h8,10,14H,2-7,9,11H2,1H3,(H,17,18,19). The van der Waals surface area contributed by atoms with Crippen molar-refractivity contribution in [2.24, 2.45) is 0 Å². The van der Waals surface area contributed by atoms with Crippen LogP contribution < -0.4 is 5.32 Å². The molecule has 0 radical (unpaired) electrons. The number of aromatic nitrogens is 2. The van der Waals surface area contributed by atoms with E-state index in [0.29, 0.717) is 11.6 Å². The third-order valence-electron chi connectivity index (χ3n) is 3.94. The van der Waals surface area contributed by atoms with E-state index in [2.05, 4.69) is 27.2 Å². The Hall–Kier alpha value is -1.67. The van der Waals surface area contributed by atoms with Gasteiger partial charge in [0.1, 0.15) is 11.8 Å². The van der Waals surface area contributed by atoms with Gasteiger partial charge < -0.3 is 10.2 Å². The fourth-order valence-corrected chi connectivity index (χ4v) is 2.74. The SMILES string of the molecule is CN(CCCNc1nccc(C#N)n1)C1CCCCC1. The van der Waals surface area contributed by atoms with Crippen molar-refractivity contribution in [2.45, 2.75) is 44.6 Å². The van der Waals surface area contributed by atoms with Crippen molar-refractivity contribution >= 4 is 5.95 Å². The Labute approximate surface area is 121 Å². The Morgan fingerprint density at radius 3 is 2.95 bits per heavy atom. The molecule has 1 N–H and O–H groups in total. The fourth-order valence-electron chi connectivity index (χ4n) is 2.74. The van der Waals surface area contributed by atoms with Gasteiger partial charge in [-0.2, -0.15) is 5.26 Å². The highest BCUT2D eigenvalue weighted by molar-refractivity contribution is 5.29. The van der Waals surface area contributed by atoms with Gasteiger partial charge in [-0.05, 0) is 38.9 Å². The van der Waals surface area contributed by atoms with Crippen LogP contribution in [0.2, 0.25) is 0 Å². The fraction of sp³-hybridized carbons (Fsp3) is 0.667. The number of hydrogen-bond donors (Lipinski definition) is 1. The second-order valence-electron chi connectivity index (χ2n) is 5.43. The first kappa shape index (κ1) is 14.7. The maximum absolute atomic E-state index is 8.78. The van der Waals surface area contributed by atoms with Crippen molar-refractivity contribution in [3.63, 3.8) is 0 Å². The van der Waals surface area contributed by atoms with Crippen molar-refractivity contribution in [3.8, 4) is 6.07 Å². The molecular formula is C15H23N5. The molecule has 0 saturated heterocycles. The molecule has 0 spiro atoms. The number of nitrogens with zero attached hydrogens (tertiary/aromatic N) is 4. The molecule has 0 amide bonds. The van der Waals surface area contributed by atoms with Gasteiger partial charge in [-0.25, -0.2) is 9.97 Å². The number of anilines is 1. The van der Waals surface area contributed by atoms with Crippen LogP contribution in [0.1, 0.15) is 44.2 Å². The first-order chi connectivity index (χ1) is 9.79. The van der Waals surface area contributed by atoms with Crippen LogP contribution in [0.3, 0.4) is 0 Å². The van der Waals surface area contributed by atoms with E-state index in [0.717, 1.165) is 25.6 Å². The van der Waals surface area contributed by atoms with Crippen molar-refractivity contribution < 1.29 is 0 Å². The van der Waals surface area contributed by atoms with E-state index in [1.807, 2.05) is 6.07 Å². The highest BCUT2D eigenvalue weighted by Crippen LogP contribution is 2.21. The Balaban J connectivity index is 1.66. The summed E-state index contributed by atoms with van der Waals surface area (Å²) in [5.41, 5.74) is 0.404. The van der Waals surface area contributed by atoms with Crippen molar-refractivity contribution in [1.82, 2.24) is 14.9 Å². The molecule has 1 fully saturated rings. The lowest BCUT2D eigenvalue weighted by atomic mass is 9.94. The van der Waals surface area contributed by atoms with Gasteiger partial charge in [0.25, 0.3) is 0 Å². The summed E-state index contributed by atoms with van der Waals surface area (Å²) in [4.78, 5) is 10.7. The molecule has 0 unspecified atom stereocenters. The Bertz CT molecular complexity index is 448. The summed E-state index contributed by atoms with van der Waals surface area (Å²) in [6, 6.07) is 4.40. The highest BCUT2D eigenvalue weighted by atomic mass is 15.1. The monoisotopic (exact) mass is 273 g/mol. The second kappa shape index (κ2) is 7.81. The number of nitrogens with one attached hydrogen (secondary N) is 1. The highest BCUT2D eigenvalue weighted by Gasteiger charge is 2.17. The third kappa shape index (κ3) is 4.46. The van der Waals surface area contributed by atoms with E-state index in [1.54, 1.807) is 12.3 Å². The van der Waals surface area contributed by atoms with Crippen LogP contribution in [-0.4, -0.2) is 41.0 Å². The van der Waals surface area contributed by atoms with E-state index < -0.39 is 0 Å². The van der Waals surface area contributed by atoms with Gasteiger partial charge in [0.05, 0.1) is 0 Å². The van der Waals surface area contributed by atoms with Crippen LogP contribution >= 0.6 is 0 Å². The largest absolute Gasteiger partial charge is 0.354 e. The van der Waals surface area contributed by atoms with Crippen LogP contribution in [0, 0.1) is 11.3 Å². The predicted molar refractivity (Wildman–Crippen MR) is 79.4 cm³/mol. The van der Waals surface area contributed by atoms with E-state index in [4.69, 9.17) is 5.26 Å². The minimum absolute atomic E-state index is 0.404. The average Bonchev–Trinajstić information content (AvgIpc) is 2.52. The van der Waals surface area contributed by atoms with Crippen LogP contribution in [-0.2, 0) is 0 Å². The normalized spacial score (nSPS) is 16.1. The molecule has 0 aromatic carbocycles. The van der Waals surface area contributed by atoms with Gasteiger partial charge in [-0.3, -0.25) is 0 Å². The first-order valence-corrected chi connectivity index (χ1v) is 7.47. The molecule has 1 aromatic rings. The second-order valence-corrected chi connectivity index (χ2v) is 5.43. The molecule has 1 aliphatic carbocycles. The van der Waals surface area contributed by atoms with E-state index >= 15 is 0 Å². The summed E-state index contributed by atoms with van der Waals surface area (Å²) in [5.74, 6) is 0.546. The molecule has 0 aliphatic heterocycles. The van der Waals surface area contributed by atoms with Crippen LogP contribution in [0.4, 0.5) is 5.95 Å². The zero-order valence-corrected chi connectivity index (χ0v) is 12.2. The van der Waals surface area contributed by atoms with Crippen LogP contribution in [0.15, 0.2) is 12.3 Å².